The fourth-order valence-corrected chi connectivity index (χ4v) is 2.81. The van der Waals surface area contributed by atoms with Crippen LogP contribution in [0.2, 0.25) is 0 Å². The van der Waals surface area contributed by atoms with Gasteiger partial charge in [-0.15, -0.1) is 5.92 Å². The third kappa shape index (κ3) is 6.44. The molecule has 0 aromatic heterocycles. The number of hydrogen-bond donors (Lipinski definition) is 0. The third-order valence-corrected chi connectivity index (χ3v) is 4.06. The van der Waals surface area contributed by atoms with E-state index in [0.717, 1.165) is 25.9 Å². The largest absolute Gasteiger partial charge is 0.366 e. The number of ether oxygens (including phenoxy) is 1. The summed E-state index contributed by atoms with van der Waals surface area (Å²) in [4.78, 5) is 0. The van der Waals surface area contributed by atoms with Crippen LogP contribution in [0.15, 0.2) is 23.8 Å². The van der Waals surface area contributed by atoms with E-state index in [2.05, 4.69) is 30.1 Å². The summed E-state index contributed by atoms with van der Waals surface area (Å²) < 4.78 is 5.90. The lowest BCUT2D eigenvalue weighted by Crippen LogP contribution is -2.12. The number of rotatable bonds is 8. The van der Waals surface area contributed by atoms with Crippen molar-refractivity contribution in [2.45, 2.75) is 76.7 Å². The van der Waals surface area contributed by atoms with E-state index >= 15 is 0 Å². The van der Waals surface area contributed by atoms with Gasteiger partial charge < -0.3 is 4.74 Å². The summed E-state index contributed by atoms with van der Waals surface area (Å²) in [5.74, 6) is 6.52. The average molecular weight is 272 g/mol. The lowest BCUT2D eigenvalue weighted by molar-refractivity contribution is 0.0801. The fourth-order valence-electron chi connectivity index (χ4n) is 2.81. The van der Waals surface area contributed by atoms with Crippen LogP contribution >= 0.6 is 0 Å². The van der Waals surface area contributed by atoms with Gasteiger partial charge in [0.2, 0.25) is 0 Å². The van der Waals surface area contributed by atoms with E-state index < -0.39 is 0 Å². The minimum Gasteiger partial charge on any atom is -0.366 e. The maximum Gasteiger partial charge on any atom is 0.118 e. The molecule has 0 aromatic rings. The van der Waals surface area contributed by atoms with E-state index in [0.29, 0.717) is 0 Å². The molecule has 2 aliphatic rings. The Labute approximate surface area is 124 Å². The zero-order chi connectivity index (χ0) is 13.9. The molecule has 1 atom stereocenters. The maximum absolute atomic E-state index is 5.90. The molecule has 0 radical (unpaired) electrons. The van der Waals surface area contributed by atoms with Gasteiger partial charge in [-0.05, 0) is 44.9 Å². The highest BCUT2D eigenvalue weighted by atomic mass is 16.5. The lowest BCUT2D eigenvalue weighted by atomic mass is 10.1. The quantitative estimate of drug-likeness (QED) is 0.437. The van der Waals surface area contributed by atoms with Crippen LogP contribution in [0.3, 0.4) is 0 Å². The van der Waals surface area contributed by atoms with Gasteiger partial charge in [0, 0.05) is 13.0 Å². The predicted octanol–water partition coefficient (Wildman–Crippen LogP) is 5.18. The predicted molar refractivity (Wildman–Crippen MR) is 85.5 cm³/mol. The molecule has 1 nitrogen and oxygen atoms in total. The standard InChI is InChI=1S/C19H28O/c1-2-7-15-19(16-8-3-1)20-17-11-5-4-6-12-18-13-9-10-14-18/h9,13-14,19H,1-7,10-12,15,17H2. The molecule has 0 heterocycles. The van der Waals surface area contributed by atoms with Crippen molar-refractivity contribution in [1.82, 2.24) is 0 Å². The Bertz CT molecular complexity index is 380. The Morgan fingerprint density at radius 3 is 2.95 bits per heavy atom. The summed E-state index contributed by atoms with van der Waals surface area (Å²) in [5.41, 5.74) is 1.53. The highest BCUT2D eigenvalue weighted by molar-refractivity contribution is 5.25. The van der Waals surface area contributed by atoms with E-state index in [1.165, 1.54) is 56.9 Å². The SMILES string of the molecule is C1#CC(OCCCCCCC2=CCC=C2)CCCCC1. The Kier molecular flexibility index (Phi) is 7.57. The monoisotopic (exact) mass is 272 g/mol. The molecule has 1 unspecified atom stereocenters. The van der Waals surface area contributed by atoms with Crippen molar-refractivity contribution < 1.29 is 4.74 Å². The normalized spacial score (nSPS) is 21.8. The molecule has 0 bridgehead atoms. The highest BCUT2D eigenvalue weighted by Gasteiger charge is 2.06. The molecule has 0 aromatic carbocycles. The molecule has 1 heteroatoms. The molecule has 0 amide bonds. The first-order valence-corrected chi connectivity index (χ1v) is 8.41. The van der Waals surface area contributed by atoms with Crippen LogP contribution in [0.5, 0.6) is 0 Å². The van der Waals surface area contributed by atoms with Crippen LogP contribution in [0.25, 0.3) is 0 Å². The third-order valence-electron chi connectivity index (χ3n) is 4.06. The molecule has 0 N–H and O–H groups in total. The first-order chi connectivity index (χ1) is 9.95. The van der Waals surface area contributed by atoms with Gasteiger partial charge in [0.25, 0.3) is 0 Å². The highest BCUT2D eigenvalue weighted by Crippen LogP contribution is 2.17. The summed E-state index contributed by atoms with van der Waals surface area (Å²) in [5, 5.41) is 0. The van der Waals surface area contributed by atoms with E-state index in [1.807, 2.05) is 0 Å². The summed E-state index contributed by atoms with van der Waals surface area (Å²) in [6.07, 6.45) is 20.7. The summed E-state index contributed by atoms with van der Waals surface area (Å²) in [6, 6.07) is 0. The summed E-state index contributed by atoms with van der Waals surface area (Å²) >= 11 is 0. The average Bonchev–Trinajstić information content (AvgIpc) is 2.92. The molecule has 0 aliphatic heterocycles. The Morgan fingerprint density at radius 1 is 1.10 bits per heavy atom. The van der Waals surface area contributed by atoms with Gasteiger partial charge in [-0.3, -0.25) is 0 Å². The minimum atomic E-state index is 0.212. The summed E-state index contributed by atoms with van der Waals surface area (Å²) in [7, 11) is 0. The van der Waals surface area contributed by atoms with Crippen molar-refractivity contribution in [2.75, 3.05) is 6.61 Å². The molecule has 0 fully saturated rings. The molecular formula is C19H28O. The van der Waals surface area contributed by atoms with Gasteiger partial charge >= 0.3 is 0 Å². The van der Waals surface area contributed by atoms with Crippen LogP contribution in [-0.4, -0.2) is 12.7 Å². The van der Waals surface area contributed by atoms with E-state index in [1.54, 1.807) is 0 Å². The van der Waals surface area contributed by atoms with Gasteiger partial charge in [-0.2, -0.15) is 0 Å². The van der Waals surface area contributed by atoms with E-state index in [-0.39, 0.29) is 6.10 Å². The van der Waals surface area contributed by atoms with Crippen molar-refractivity contribution in [3.63, 3.8) is 0 Å². The van der Waals surface area contributed by atoms with Crippen LogP contribution in [0, 0.1) is 11.8 Å². The van der Waals surface area contributed by atoms with Crippen molar-refractivity contribution in [3.05, 3.63) is 23.8 Å². The van der Waals surface area contributed by atoms with Crippen LogP contribution in [0.1, 0.15) is 70.6 Å². The van der Waals surface area contributed by atoms with Gasteiger partial charge in [0.05, 0.1) is 0 Å². The molecule has 2 rings (SSSR count). The van der Waals surface area contributed by atoms with Crippen molar-refractivity contribution in [1.29, 1.82) is 0 Å². The second kappa shape index (κ2) is 9.83. The molecule has 0 saturated carbocycles. The van der Waals surface area contributed by atoms with Gasteiger partial charge in [-0.1, -0.05) is 49.0 Å². The van der Waals surface area contributed by atoms with Gasteiger partial charge in [0.15, 0.2) is 0 Å². The minimum absolute atomic E-state index is 0.212. The van der Waals surface area contributed by atoms with Crippen LogP contribution in [-0.2, 0) is 4.74 Å². The Hall–Kier alpha value is -1.00. The molecule has 20 heavy (non-hydrogen) atoms. The Morgan fingerprint density at radius 2 is 2.05 bits per heavy atom. The smallest absolute Gasteiger partial charge is 0.118 e. The number of unbranched alkanes of at least 4 members (excludes halogenated alkanes) is 3. The zero-order valence-corrected chi connectivity index (χ0v) is 12.7. The lowest BCUT2D eigenvalue weighted by Gasteiger charge is -2.13. The van der Waals surface area contributed by atoms with Crippen molar-refractivity contribution in [2.24, 2.45) is 0 Å². The second-order valence-corrected chi connectivity index (χ2v) is 5.86. The van der Waals surface area contributed by atoms with Gasteiger partial charge in [0.1, 0.15) is 6.10 Å². The van der Waals surface area contributed by atoms with E-state index in [4.69, 9.17) is 4.74 Å². The first kappa shape index (κ1) is 15.4. The number of hydrogen-bond acceptors (Lipinski definition) is 1. The number of allylic oxidation sites excluding steroid dienone is 4. The molecule has 0 saturated heterocycles. The van der Waals surface area contributed by atoms with Gasteiger partial charge in [-0.25, -0.2) is 0 Å². The molecule has 0 spiro atoms. The fraction of sp³-hybridized carbons (Fsp3) is 0.684. The zero-order valence-electron chi connectivity index (χ0n) is 12.7. The molecular weight excluding hydrogens is 244 g/mol. The second-order valence-electron chi connectivity index (χ2n) is 5.86. The topological polar surface area (TPSA) is 9.23 Å². The Balaban J connectivity index is 1.45. The first-order valence-electron chi connectivity index (χ1n) is 8.41. The van der Waals surface area contributed by atoms with Crippen LogP contribution < -0.4 is 0 Å². The molecule has 2 aliphatic carbocycles. The van der Waals surface area contributed by atoms with Crippen molar-refractivity contribution >= 4 is 0 Å². The van der Waals surface area contributed by atoms with E-state index in [9.17, 15) is 0 Å². The molecule has 110 valence electrons. The summed E-state index contributed by atoms with van der Waals surface area (Å²) in [6.45, 7) is 0.891. The van der Waals surface area contributed by atoms with Crippen LogP contribution in [0.4, 0.5) is 0 Å². The maximum atomic E-state index is 5.90. The van der Waals surface area contributed by atoms with Crippen molar-refractivity contribution in [3.8, 4) is 11.8 Å².